The van der Waals surface area contributed by atoms with Crippen LogP contribution >= 0.6 is 11.3 Å². The first kappa shape index (κ1) is 34.9. The Morgan fingerprint density at radius 2 is 1.45 bits per heavy atom. The van der Waals surface area contributed by atoms with E-state index in [9.17, 15) is 0 Å². The van der Waals surface area contributed by atoms with Crippen LogP contribution in [0.15, 0.2) is 48.5 Å². The zero-order chi connectivity index (χ0) is 32.4. The van der Waals surface area contributed by atoms with Gasteiger partial charge >= 0.3 is 6.01 Å². The highest BCUT2D eigenvalue weighted by molar-refractivity contribution is 7.21. The molecule has 1 aliphatic rings. The molecule has 0 bridgehead atoms. The number of fused-ring (bicyclic) bond motifs is 1. The van der Waals surface area contributed by atoms with Gasteiger partial charge in [0.05, 0.1) is 10.2 Å². The summed E-state index contributed by atoms with van der Waals surface area (Å²) in [6, 6.07) is 17.2. The molecule has 0 aliphatic carbocycles. The lowest BCUT2D eigenvalue weighted by atomic mass is 10.1. The Balaban J connectivity index is 1.05. The van der Waals surface area contributed by atoms with Crippen molar-refractivity contribution in [1.82, 2.24) is 46.1 Å². The molecule has 4 aromatic rings. The Morgan fingerprint density at radius 1 is 0.766 bits per heavy atom. The van der Waals surface area contributed by atoms with Gasteiger partial charge in [0, 0.05) is 84.1 Å². The third-order valence-corrected chi connectivity index (χ3v) is 8.95. The Bertz CT molecular complexity index is 1410. The number of benzene rings is 2. The maximum Gasteiger partial charge on any atom is 0.323 e. The highest BCUT2D eigenvalue weighted by Gasteiger charge is 2.10. The van der Waals surface area contributed by atoms with E-state index in [2.05, 4.69) is 101 Å². The second-order valence-corrected chi connectivity index (χ2v) is 12.7. The van der Waals surface area contributed by atoms with E-state index in [0.29, 0.717) is 31.1 Å². The first-order valence-electron chi connectivity index (χ1n) is 17.1. The highest BCUT2D eigenvalue weighted by Crippen LogP contribution is 2.30. The van der Waals surface area contributed by atoms with Gasteiger partial charge in [0.25, 0.3) is 0 Å². The van der Waals surface area contributed by atoms with E-state index < -0.39 is 0 Å². The number of hydrogen-bond donors (Lipinski definition) is 6. The molecular weight excluding hydrogens is 611 g/mol. The Hall–Kier alpha value is -3.46. The number of para-hydroxylation sites is 1. The standard InChI is InChI=1S/C34H51N11OS/c1-2-3-13-39-32-42-33(40-14-6-22-45-23-19-36-17-15-35-16-18-37-20-24-45)44-34(43-32)46-25-21-38-26-27-9-11-28(12-10-27)31-41-29-7-4-5-8-30(29)47-31/h4-5,7-12,35-38H,2-3,6,13-26H2,1H3,(H2,39,40,42,43,44). The van der Waals surface area contributed by atoms with Crippen LogP contribution in [0.1, 0.15) is 31.7 Å². The molecule has 0 unspecified atom stereocenters. The lowest BCUT2D eigenvalue weighted by Gasteiger charge is -2.23. The summed E-state index contributed by atoms with van der Waals surface area (Å²) in [5, 5.41) is 21.7. The minimum absolute atomic E-state index is 0.332. The van der Waals surface area contributed by atoms with Gasteiger partial charge in [-0.3, -0.25) is 0 Å². The van der Waals surface area contributed by atoms with E-state index >= 15 is 0 Å². The molecule has 254 valence electrons. The van der Waals surface area contributed by atoms with Crippen molar-refractivity contribution in [3.8, 4) is 16.6 Å². The largest absolute Gasteiger partial charge is 0.462 e. The average molecular weight is 662 g/mol. The van der Waals surface area contributed by atoms with Gasteiger partial charge in [-0.2, -0.15) is 15.0 Å². The fourth-order valence-corrected chi connectivity index (χ4v) is 6.18. The minimum Gasteiger partial charge on any atom is -0.462 e. The quantitative estimate of drug-likeness (QED) is 0.0983. The number of anilines is 2. The molecule has 1 saturated heterocycles. The molecule has 1 aliphatic heterocycles. The number of nitrogens with one attached hydrogen (secondary N) is 6. The molecule has 3 heterocycles. The smallest absolute Gasteiger partial charge is 0.323 e. The molecule has 2 aromatic heterocycles. The molecule has 0 atom stereocenters. The molecule has 0 radical (unpaired) electrons. The summed E-state index contributed by atoms with van der Waals surface area (Å²) in [5.74, 6) is 1.08. The van der Waals surface area contributed by atoms with E-state index in [0.717, 1.165) is 114 Å². The van der Waals surface area contributed by atoms with E-state index in [1.54, 1.807) is 11.3 Å². The van der Waals surface area contributed by atoms with Crippen LogP contribution in [-0.2, 0) is 6.54 Å². The lowest BCUT2D eigenvalue weighted by molar-refractivity contribution is 0.270. The third-order valence-electron chi connectivity index (χ3n) is 7.86. The van der Waals surface area contributed by atoms with E-state index in [-0.39, 0.29) is 0 Å². The number of ether oxygens (including phenoxy) is 1. The van der Waals surface area contributed by atoms with Crippen molar-refractivity contribution in [2.75, 3.05) is 95.8 Å². The van der Waals surface area contributed by atoms with Gasteiger partial charge in [-0.25, -0.2) is 4.98 Å². The van der Waals surface area contributed by atoms with Gasteiger partial charge in [0.15, 0.2) is 0 Å². The predicted molar refractivity (Wildman–Crippen MR) is 194 cm³/mol. The number of nitrogens with zero attached hydrogens (tertiary/aromatic N) is 5. The first-order chi connectivity index (χ1) is 23.3. The first-order valence-corrected chi connectivity index (χ1v) is 17.9. The van der Waals surface area contributed by atoms with Crippen molar-refractivity contribution in [3.63, 3.8) is 0 Å². The number of rotatable bonds is 16. The number of thiazole rings is 1. The summed E-state index contributed by atoms with van der Waals surface area (Å²) in [7, 11) is 0. The topological polar surface area (TPSA) is 136 Å². The molecule has 12 nitrogen and oxygen atoms in total. The van der Waals surface area contributed by atoms with Crippen LogP contribution < -0.4 is 36.6 Å². The lowest BCUT2D eigenvalue weighted by Crippen LogP contribution is -2.42. The number of hydrogen-bond acceptors (Lipinski definition) is 13. The van der Waals surface area contributed by atoms with Crippen molar-refractivity contribution < 1.29 is 4.74 Å². The monoisotopic (exact) mass is 661 g/mol. The van der Waals surface area contributed by atoms with Gasteiger partial charge in [0.2, 0.25) is 11.9 Å². The molecule has 2 aromatic carbocycles. The maximum absolute atomic E-state index is 5.97. The van der Waals surface area contributed by atoms with Gasteiger partial charge in [-0.15, -0.1) is 11.3 Å². The van der Waals surface area contributed by atoms with Gasteiger partial charge in [0.1, 0.15) is 11.6 Å². The fourth-order valence-electron chi connectivity index (χ4n) is 5.21. The Morgan fingerprint density at radius 3 is 2.15 bits per heavy atom. The zero-order valence-electron chi connectivity index (χ0n) is 27.7. The zero-order valence-corrected chi connectivity index (χ0v) is 28.5. The molecule has 13 heteroatoms. The summed E-state index contributed by atoms with van der Waals surface area (Å²) in [6.07, 6.45) is 3.14. The van der Waals surface area contributed by atoms with Crippen LogP contribution in [-0.4, -0.2) is 110 Å². The van der Waals surface area contributed by atoms with E-state index in [4.69, 9.17) is 9.72 Å². The van der Waals surface area contributed by atoms with Crippen LogP contribution in [0.25, 0.3) is 20.8 Å². The summed E-state index contributed by atoms with van der Waals surface area (Å²) in [4.78, 5) is 21.0. The van der Waals surface area contributed by atoms with Crippen LogP contribution in [0.3, 0.4) is 0 Å². The average Bonchev–Trinajstić information content (AvgIpc) is 3.52. The molecule has 6 N–H and O–H groups in total. The summed E-state index contributed by atoms with van der Waals surface area (Å²) < 4.78 is 7.18. The van der Waals surface area contributed by atoms with Crippen LogP contribution in [0.2, 0.25) is 0 Å². The van der Waals surface area contributed by atoms with Crippen molar-refractivity contribution in [2.45, 2.75) is 32.7 Å². The SMILES string of the molecule is CCCCNc1nc(NCCCN2CCNCCNCCNCC2)nc(OCCNCc2ccc(-c3nc4ccccc4s3)cc2)n1. The van der Waals surface area contributed by atoms with E-state index in [1.165, 1.54) is 10.3 Å². The second-order valence-electron chi connectivity index (χ2n) is 11.6. The van der Waals surface area contributed by atoms with Crippen molar-refractivity contribution in [2.24, 2.45) is 0 Å². The van der Waals surface area contributed by atoms with Crippen molar-refractivity contribution in [1.29, 1.82) is 0 Å². The molecule has 0 spiro atoms. The predicted octanol–water partition coefficient (Wildman–Crippen LogP) is 3.42. The van der Waals surface area contributed by atoms with Crippen LogP contribution in [0, 0.1) is 0 Å². The summed E-state index contributed by atoms with van der Waals surface area (Å²) >= 11 is 1.72. The molecule has 47 heavy (non-hydrogen) atoms. The fraction of sp³-hybridized carbons (Fsp3) is 0.529. The summed E-state index contributed by atoms with van der Waals surface area (Å²) in [6.45, 7) is 14.8. The Labute approximate surface area is 282 Å². The van der Waals surface area contributed by atoms with Gasteiger partial charge in [-0.05, 0) is 37.1 Å². The summed E-state index contributed by atoms with van der Waals surface area (Å²) in [5.41, 5.74) is 3.40. The normalized spacial score (nSPS) is 15.2. The van der Waals surface area contributed by atoms with Crippen molar-refractivity contribution >= 4 is 33.5 Å². The maximum atomic E-state index is 5.97. The number of aromatic nitrogens is 4. The minimum atomic E-state index is 0.332. The Kier molecular flexibility index (Phi) is 14.9. The molecular formula is C34H51N11OS. The third kappa shape index (κ3) is 12.3. The van der Waals surface area contributed by atoms with E-state index in [1.807, 2.05) is 6.07 Å². The molecule has 0 saturated carbocycles. The number of unbranched alkanes of at least 4 members (excludes halogenated alkanes) is 1. The molecule has 1 fully saturated rings. The molecule has 5 rings (SSSR count). The highest BCUT2D eigenvalue weighted by atomic mass is 32.1. The second kappa shape index (κ2) is 20.0. The van der Waals surface area contributed by atoms with Crippen molar-refractivity contribution in [3.05, 3.63) is 54.1 Å². The van der Waals surface area contributed by atoms with Crippen LogP contribution in [0.4, 0.5) is 11.9 Å². The van der Waals surface area contributed by atoms with Crippen LogP contribution in [0.5, 0.6) is 6.01 Å². The van der Waals surface area contributed by atoms with Gasteiger partial charge < -0.3 is 41.5 Å². The van der Waals surface area contributed by atoms with Gasteiger partial charge in [-0.1, -0.05) is 49.7 Å². The molecule has 0 amide bonds.